The number of nitrogens with zero attached hydrogens (tertiary/aromatic N) is 2. The number of aromatic nitrogens is 2. The Morgan fingerprint density at radius 2 is 2.09 bits per heavy atom. The van der Waals surface area contributed by atoms with E-state index < -0.39 is 16.0 Å². The second kappa shape index (κ2) is 6.41. The Hall–Kier alpha value is -2.35. The highest BCUT2D eigenvalue weighted by atomic mass is 32.2. The van der Waals surface area contributed by atoms with Crippen molar-refractivity contribution in [3.8, 4) is 0 Å². The lowest BCUT2D eigenvalue weighted by atomic mass is 10.1. The average molecular weight is 337 g/mol. The van der Waals surface area contributed by atoms with Crippen molar-refractivity contribution in [1.82, 2.24) is 9.55 Å². The van der Waals surface area contributed by atoms with Gasteiger partial charge in [-0.15, -0.1) is 0 Å². The van der Waals surface area contributed by atoms with E-state index in [2.05, 4.69) is 9.71 Å². The van der Waals surface area contributed by atoms with Crippen molar-refractivity contribution in [3.63, 3.8) is 0 Å². The first kappa shape index (κ1) is 17.0. The number of rotatable bonds is 6. The lowest BCUT2D eigenvalue weighted by molar-refractivity contribution is 0.0696. The van der Waals surface area contributed by atoms with E-state index in [0.29, 0.717) is 18.0 Å². The highest BCUT2D eigenvalue weighted by Gasteiger charge is 2.20. The van der Waals surface area contributed by atoms with E-state index >= 15 is 0 Å². The van der Waals surface area contributed by atoms with Gasteiger partial charge >= 0.3 is 5.97 Å². The van der Waals surface area contributed by atoms with Crippen molar-refractivity contribution in [3.05, 3.63) is 41.9 Å². The number of sulfonamides is 1. The molecule has 1 aromatic heterocycles. The van der Waals surface area contributed by atoms with Crippen LogP contribution < -0.4 is 4.72 Å². The maximum Gasteiger partial charge on any atom is 0.336 e. The molecule has 0 saturated carbocycles. The van der Waals surface area contributed by atoms with Gasteiger partial charge in [-0.05, 0) is 30.5 Å². The lowest BCUT2D eigenvalue weighted by Crippen LogP contribution is -2.15. The van der Waals surface area contributed by atoms with Crippen LogP contribution in [-0.4, -0.2) is 29.0 Å². The summed E-state index contributed by atoms with van der Waals surface area (Å²) < 4.78 is 28.9. The van der Waals surface area contributed by atoms with Crippen molar-refractivity contribution < 1.29 is 18.3 Å². The summed E-state index contributed by atoms with van der Waals surface area (Å²) in [5.74, 6) is -0.744. The van der Waals surface area contributed by atoms with Gasteiger partial charge in [0.2, 0.25) is 0 Å². The van der Waals surface area contributed by atoms with Crippen LogP contribution in [-0.2, 0) is 16.6 Å². The molecule has 23 heavy (non-hydrogen) atoms. The highest BCUT2D eigenvalue weighted by molar-refractivity contribution is 7.92. The van der Waals surface area contributed by atoms with E-state index in [0.717, 1.165) is 0 Å². The van der Waals surface area contributed by atoms with Crippen LogP contribution in [0.15, 0.2) is 35.7 Å². The number of anilines is 1. The zero-order chi connectivity index (χ0) is 17.2. The Morgan fingerprint density at radius 1 is 1.39 bits per heavy atom. The van der Waals surface area contributed by atoms with Crippen molar-refractivity contribution in [2.45, 2.75) is 32.3 Å². The summed E-state index contributed by atoms with van der Waals surface area (Å²) >= 11 is 0. The molecule has 0 spiro atoms. The first-order valence-corrected chi connectivity index (χ1v) is 8.56. The molecule has 0 radical (unpaired) electrons. The molecule has 2 N–H and O–H groups in total. The fraction of sp³-hybridized carbons (Fsp3) is 0.333. The van der Waals surface area contributed by atoms with Crippen LogP contribution in [0.5, 0.6) is 0 Å². The number of carboxylic acids is 1. The molecule has 0 aliphatic heterocycles. The van der Waals surface area contributed by atoms with Gasteiger partial charge in [-0.2, -0.15) is 8.42 Å². The van der Waals surface area contributed by atoms with Gasteiger partial charge in [-0.3, -0.25) is 4.72 Å². The molecule has 0 atom stereocenters. The van der Waals surface area contributed by atoms with Crippen molar-refractivity contribution in [2.75, 3.05) is 4.72 Å². The van der Waals surface area contributed by atoms with Gasteiger partial charge in [0.05, 0.1) is 17.6 Å². The average Bonchev–Trinajstić information content (AvgIpc) is 2.89. The molecule has 2 rings (SSSR count). The normalized spacial score (nSPS) is 11.7. The number of hydrogen-bond acceptors (Lipinski definition) is 4. The number of nitrogens with one attached hydrogen (secondary N) is 1. The molecule has 0 fully saturated rings. The van der Waals surface area contributed by atoms with Gasteiger partial charge in [0.25, 0.3) is 10.0 Å². The molecule has 0 amide bonds. The van der Waals surface area contributed by atoms with Crippen LogP contribution in [0.4, 0.5) is 5.69 Å². The van der Waals surface area contributed by atoms with Crippen LogP contribution >= 0.6 is 0 Å². The SMILES string of the molecule is Cc1c(NS(=O)(=O)c2cn(CC(C)C)cn2)cccc1C(=O)O. The standard InChI is InChI=1S/C15H19N3O4S/c1-10(2)7-18-8-14(16-9-18)23(21,22)17-13-6-4-5-12(11(13)3)15(19)20/h4-6,8-10,17H,7H2,1-3H3,(H,19,20). The molecule has 1 aromatic carbocycles. The maximum absolute atomic E-state index is 12.4. The smallest absolute Gasteiger partial charge is 0.336 e. The zero-order valence-corrected chi connectivity index (χ0v) is 14.0. The Bertz CT molecular complexity index is 825. The first-order valence-electron chi connectivity index (χ1n) is 7.08. The summed E-state index contributed by atoms with van der Waals surface area (Å²) in [6.07, 6.45) is 2.92. The fourth-order valence-electron chi connectivity index (χ4n) is 2.17. The minimum absolute atomic E-state index is 0.0514. The van der Waals surface area contributed by atoms with Crippen molar-refractivity contribution in [1.29, 1.82) is 0 Å². The van der Waals surface area contributed by atoms with E-state index in [1.54, 1.807) is 11.5 Å². The number of aromatic carboxylic acids is 1. The number of benzene rings is 1. The Morgan fingerprint density at radius 3 is 2.70 bits per heavy atom. The van der Waals surface area contributed by atoms with Gasteiger partial charge in [0, 0.05) is 12.7 Å². The second-order valence-corrected chi connectivity index (χ2v) is 7.32. The summed E-state index contributed by atoms with van der Waals surface area (Å²) in [6, 6.07) is 4.43. The van der Waals surface area contributed by atoms with E-state index in [9.17, 15) is 13.2 Å². The third kappa shape index (κ3) is 3.89. The van der Waals surface area contributed by atoms with Crippen molar-refractivity contribution >= 4 is 21.7 Å². The molecule has 0 unspecified atom stereocenters. The second-order valence-electron chi connectivity index (χ2n) is 5.69. The minimum atomic E-state index is -3.87. The molecule has 8 heteroatoms. The summed E-state index contributed by atoms with van der Waals surface area (Å²) in [5.41, 5.74) is 0.629. The molecule has 124 valence electrons. The third-order valence-electron chi connectivity index (χ3n) is 3.27. The first-order chi connectivity index (χ1) is 10.7. The number of hydrogen-bond donors (Lipinski definition) is 2. The highest BCUT2D eigenvalue weighted by Crippen LogP contribution is 2.22. The predicted octanol–water partition coefficient (Wildman–Crippen LogP) is 2.35. The van der Waals surface area contributed by atoms with Gasteiger partial charge < -0.3 is 9.67 Å². The van der Waals surface area contributed by atoms with E-state index in [1.807, 2.05) is 13.8 Å². The van der Waals surface area contributed by atoms with Crippen LogP contribution in [0, 0.1) is 12.8 Å². The Labute approximate surface area is 135 Å². The molecular formula is C15H19N3O4S. The monoisotopic (exact) mass is 337 g/mol. The number of imidazole rings is 1. The predicted molar refractivity (Wildman–Crippen MR) is 86.0 cm³/mol. The Balaban J connectivity index is 2.30. The number of carbonyl (C=O) groups is 1. The van der Waals surface area contributed by atoms with Gasteiger partial charge in [-0.1, -0.05) is 19.9 Å². The molecule has 2 aromatic rings. The largest absolute Gasteiger partial charge is 0.478 e. The lowest BCUT2D eigenvalue weighted by Gasteiger charge is -2.10. The Kier molecular flexibility index (Phi) is 4.74. The number of carboxylic acid groups (broad SMARTS) is 1. The van der Waals surface area contributed by atoms with Gasteiger partial charge in [0.1, 0.15) is 0 Å². The third-order valence-corrected chi connectivity index (χ3v) is 4.52. The van der Waals surface area contributed by atoms with E-state index in [-0.39, 0.29) is 16.3 Å². The molecule has 0 aliphatic carbocycles. The van der Waals surface area contributed by atoms with Crippen molar-refractivity contribution in [2.24, 2.45) is 5.92 Å². The molecule has 0 saturated heterocycles. The summed E-state index contributed by atoms with van der Waals surface area (Å²) in [7, 11) is -3.87. The summed E-state index contributed by atoms with van der Waals surface area (Å²) in [6.45, 7) is 6.26. The maximum atomic E-state index is 12.4. The quantitative estimate of drug-likeness (QED) is 0.842. The van der Waals surface area contributed by atoms with Gasteiger partial charge in [0.15, 0.2) is 5.03 Å². The van der Waals surface area contributed by atoms with E-state index in [4.69, 9.17) is 5.11 Å². The topological polar surface area (TPSA) is 101 Å². The molecule has 0 bridgehead atoms. The minimum Gasteiger partial charge on any atom is -0.478 e. The van der Waals surface area contributed by atoms with Crippen LogP contribution in [0.2, 0.25) is 0 Å². The van der Waals surface area contributed by atoms with Crippen LogP contribution in [0.3, 0.4) is 0 Å². The molecule has 0 aliphatic rings. The van der Waals surface area contributed by atoms with E-state index in [1.165, 1.54) is 30.7 Å². The fourth-order valence-corrected chi connectivity index (χ4v) is 3.25. The molecule has 1 heterocycles. The van der Waals surface area contributed by atoms with Gasteiger partial charge in [-0.25, -0.2) is 9.78 Å². The van der Waals surface area contributed by atoms with Crippen LogP contribution in [0.1, 0.15) is 29.8 Å². The summed E-state index contributed by atoms with van der Waals surface area (Å²) in [5, 5.41) is 9.00. The zero-order valence-electron chi connectivity index (χ0n) is 13.1. The van der Waals surface area contributed by atoms with Crippen LogP contribution in [0.25, 0.3) is 0 Å². The summed E-state index contributed by atoms with van der Waals surface area (Å²) in [4.78, 5) is 15.0. The molecular weight excluding hydrogens is 318 g/mol. The molecule has 7 nitrogen and oxygen atoms in total.